The van der Waals surface area contributed by atoms with Crippen LogP contribution in [0.25, 0.3) is 0 Å². The van der Waals surface area contributed by atoms with Gasteiger partial charge < -0.3 is 10.6 Å². The highest BCUT2D eigenvalue weighted by molar-refractivity contribution is 7.85. The topological polar surface area (TPSA) is 41.1 Å². The summed E-state index contributed by atoms with van der Waals surface area (Å²) in [6, 6.07) is 0.267. The van der Waals surface area contributed by atoms with Crippen molar-refractivity contribution >= 4 is 18.5 Å². The van der Waals surface area contributed by atoms with Crippen molar-refractivity contribution in [2.45, 2.75) is 25.8 Å². The molecule has 0 saturated carbocycles. The molecule has 2 N–H and O–H groups in total. The first-order valence-electron chi connectivity index (χ1n) is 4.61. The molecule has 1 heterocycles. The van der Waals surface area contributed by atoms with Crippen LogP contribution < -0.4 is 10.6 Å². The zero-order chi connectivity index (χ0) is 9.68. The average Bonchev–Trinajstić information content (AvgIpc) is 2.18. The van der Waals surface area contributed by atoms with E-state index in [0.717, 1.165) is 25.9 Å². The van der Waals surface area contributed by atoms with Crippen molar-refractivity contribution in [2.24, 2.45) is 0 Å². The van der Waals surface area contributed by atoms with Gasteiger partial charge in [-0.15, -0.1) is 12.6 Å². The van der Waals surface area contributed by atoms with Crippen LogP contribution in [0.15, 0.2) is 11.0 Å². The smallest absolute Gasteiger partial charge is 0.257 e. The predicted molar refractivity (Wildman–Crippen MR) is 56.8 cm³/mol. The molecule has 0 radical (unpaired) electrons. The van der Waals surface area contributed by atoms with Gasteiger partial charge in [0.2, 0.25) is 0 Å². The van der Waals surface area contributed by atoms with Crippen LogP contribution in [0.2, 0.25) is 0 Å². The van der Waals surface area contributed by atoms with Crippen molar-refractivity contribution in [3.8, 4) is 0 Å². The number of carbonyl (C=O) groups excluding carboxylic acids is 1. The van der Waals surface area contributed by atoms with Gasteiger partial charge in [0.05, 0.1) is 4.91 Å². The van der Waals surface area contributed by atoms with Crippen LogP contribution in [-0.2, 0) is 4.79 Å². The van der Waals surface area contributed by atoms with Crippen molar-refractivity contribution in [3.05, 3.63) is 11.0 Å². The van der Waals surface area contributed by atoms with Gasteiger partial charge in [-0.3, -0.25) is 4.79 Å². The van der Waals surface area contributed by atoms with Crippen molar-refractivity contribution in [1.82, 2.24) is 10.6 Å². The molecule has 13 heavy (non-hydrogen) atoms. The van der Waals surface area contributed by atoms with Crippen LogP contribution in [0, 0.1) is 0 Å². The van der Waals surface area contributed by atoms with Gasteiger partial charge >= 0.3 is 0 Å². The normalized spacial score (nSPS) is 24.2. The van der Waals surface area contributed by atoms with Crippen LogP contribution >= 0.6 is 12.6 Å². The number of hydrogen-bond acceptors (Lipinski definition) is 3. The molecule has 0 aromatic carbocycles. The van der Waals surface area contributed by atoms with E-state index >= 15 is 0 Å². The maximum atomic E-state index is 11.4. The molecule has 0 aromatic rings. The lowest BCUT2D eigenvalue weighted by Gasteiger charge is -2.23. The van der Waals surface area contributed by atoms with Crippen LogP contribution in [0.5, 0.6) is 0 Å². The Kier molecular flexibility index (Phi) is 4.32. The molecule has 0 bridgehead atoms. The molecule has 0 aliphatic carbocycles. The Morgan fingerprint density at radius 1 is 1.69 bits per heavy atom. The first-order chi connectivity index (χ1) is 6.24. The van der Waals surface area contributed by atoms with E-state index in [1.54, 1.807) is 13.0 Å². The quantitative estimate of drug-likeness (QED) is 0.453. The lowest BCUT2D eigenvalue weighted by molar-refractivity contribution is -0.117. The summed E-state index contributed by atoms with van der Waals surface area (Å²) in [4.78, 5) is 11.8. The van der Waals surface area contributed by atoms with Crippen LogP contribution in [0.4, 0.5) is 0 Å². The summed E-state index contributed by atoms with van der Waals surface area (Å²) < 4.78 is 0. The molecule has 4 heteroatoms. The number of carbonyl (C=O) groups is 1. The number of rotatable bonds is 2. The number of thiol groups is 1. The zero-order valence-electron chi connectivity index (χ0n) is 7.84. The van der Waals surface area contributed by atoms with E-state index in [1.165, 1.54) is 0 Å². The maximum absolute atomic E-state index is 11.4. The molecule has 1 fully saturated rings. The molecule has 1 amide bonds. The summed E-state index contributed by atoms with van der Waals surface area (Å²) in [5, 5.41) is 6.16. The van der Waals surface area contributed by atoms with Gasteiger partial charge in [0.1, 0.15) is 0 Å². The number of allylic oxidation sites excluding steroid dienone is 1. The second-order valence-corrected chi connectivity index (χ2v) is 3.67. The van der Waals surface area contributed by atoms with Gasteiger partial charge in [0.25, 0.3) is 5.91 Å². The molecule has 1 aliphatic rings. The number of nitrogens with one attached hydrogen (secondary N) is 2. The SMILES string of the molecule is C/C=C(\S)C(=O)N[C@H]1CCCNC1. The Balaban J connectivity index is 2.34. The minimum absolute atomic E-state index is 0.0699. The fourth-order valence-electron chi connectivity index (χ4n) is 1.37. The van der Waals surface area contributed by atoms with Crippen molar-refractivity contribution in [1.29, 1.82) is 0 Å². The van der Waals surface area contributed by atoms with E-state index in [-0.39, 0.29) is 11.9 Å². The maximum Gasteiger partial charge on any atom is 0.257 e. The zero-order valence-corrected chi connectivity index (χ0v) is 8.73. The van der Waals surface area contributed by atoms with Crippen molar-refractivity contribution < 1.29 is 4.79 Å². The Morgan fingerprint density at radius 2 is 2.46 bits per heavy atom. The van der Waals surface area contributed by atoms with E-state index in [1.807, 2.05) is 0 Å². The lowest BCUT2D eigenvalue weighted by Crippen LogP contribution is -2.45. The average molecular weight is 200 g/mol. The highest BCUT2D eigenvalue weighted by atomic mass is 32.1. The van der Waals surface area contributed by atoms with E-state index in [0.29, 0.717) is 4.91 Å². The summed E-state index contributed by atoms with van der Waals surface area (Å²) in [7, 11) is 0. The van der Waals surface area contributed by atoms with E-state index in [9.17, 15) is 4.79 Å². The Labute approximate surface area is 84.4 Å². The number of hydrogen-bond donors (Lipinski definition) is 3. The molecule has 1 rings (SSSR count). The fourth-order valence-corrected chi connectivity index (χ4v) is 1.43. The van der Waals surface area contributed by atoms with Gasteiger partial charge in [-0.25, -0.2) is 0 Å². The molecule has 1 aliphatic heterocycles. The second-order valence-electron chi connectivity index (χ2n) is 3.19. The minimum atomic E-state index is -0.0699. The summed E-state index contributed by atoms with van der Waals surface area (Å²) in [5.74, 6) is -0.0699. The third-order valence-corrected chi connectivity index (χ3v) is 2.60. The third-order valence-electron chi connectivity index (χ3n) is 2.14. The molecule has 0 spiro atoms. The Bertz CT molecular complexity index is 210. The Hall–Kier alpha value is -0.480. The van der Waals surface area contributed by atoms with Crippen molar-refractivity contribution in [2.75, 3.05) is 13.1 Å². The third kappa shape index (κ3) is 3.40. The van der Waals surface area contributed by atoms with Crippen LogP contribution in [-0.4, -0.2) is 25.0 Å². The molecule has 3 nitrogen and oxygen atoms in total. The van der Waals surface area contributed by atoms with Gasteiger partial charge in [0, 0.05) is 12.6 Å². The summed E-state index contributed by atoms with van der Waals surface area (Å²) in [6.07, 6.45) is 3.89. The summed E-state index contributed by atoms with van der Waals surface area (Å²) in [6.45, 7) is 3.74. The summed E-state index contributed by atoms with van der Waals surface area (Å²) in [5.41, 5.74) is 0. The lowest BCUT2D eigenvalue weighted by atomic mass is 10.1. The van der Waals surface area contributed by atoms with E-state index in [4.69, 9.17) is 0 Å². The fraction of sp³-hybridized carbons (Fsp3) is 0.667. The Morgan fingerprint density at radius 3 is 3.00 bits per heavy atom. The largest absolute Gasteiger partial charge is 0.348 e. The number of amides is 1. The molecular weight excluding hydrogens is 184 g/mol. The number of piperidine rings is 1. The van der Waals surface area contributed by atoms with Crippen LogP contribution in [0.3, 0.4) is 0 Å². The predicted octanol–water partition coefficient (Wildman–Crippen LogP) is 0.688. The first-order valence-corrected chi connectivity index (χ1v) is 5.05. The summed E-state index contributed by atoms with van der Waals surface area (Å²) >= 11 is 4.05. The standard InChI is InChI=1S/C9H16N2OS/c1-2-8(13)9(12)11-7-4-3-5-10-6-7/h2,7,10,13H,3-6H2,1H3,(H,11,12)/b8-2-/t7-/m0/s1. The van der Waals surface area contributed by atoms with Crippen molar-refractivity contribution in [3.63, 3.8) is 0 Å². The highest BCUT2D eigenvalue weighted by Gasteiger charge is 2.15. The molecule has 1 atom stereocenters. The molecule has 0 aromatic heterocycles. The molecule has 1 saturated heterocycles. The van der Waals surface area contributed by atoms with E-state index < -0.39 is 0 Å². The van der Waals surface area contributed by atoms with E-state index in [2.05, 4.69) is 23.3 Å². The van der Waals surface area contributed by atoms with Gasteiger partial charge in [-0.1, -0.05) is 6.08 Å². The van der Waals surface area contributed by atoms with Gasteiger partial charge in [-0.2, -0.15) is 0 Å². The molecule has 0 unspecified atom stereocenters. The van der Waals surface area contributed by atoms with Gasteiger partial charge in [-0.05, 0) is 26.3 Å². The highest BCUT2D eigenvalue weighted by Crippen LogP contribution is 2.04. The van der Waals surface area contributed by atoms with Crippen LogP contribution in [0.1, 0.15) is 19.8 Å². The molecule has 74 valence electrons. The van der Waals surface area contributed by atoms with Gasteiger partial charge in [0.15, 0.2) is 0 Å². The first kappa shape index (κ1) is 10.6. The second kappa shape index (κ2) is 5.29. The minimum Gasteiger partial charge on any atom is -0.348 e. The monoisotopic (exact) mass is 200 g/mol. The molecular formula is C9H16N2OS.